The number of carbonyl (C=O) groups excluding carboxylic acids is 1. The minimum Gasteiger partial charge on any atom is -0.454 e. The number of piperazine rings is 1. The molecule has 8 heteroatoms. The first kappa shape index (κ1) is 22.5. The van der Waals surface area contributed by atoms with Crippen molar-refractivity contribution in [3.8, 4) is 22.6 Å². The number of amides is 1. The van der Waals surface area contributed by atoms with Crippen molar-refractivity contribution in [2.24, 2.45) is 0 Å². The maximum atomic E-state index is 13.6. The van der Waals surface area contributed by atoms with Crippen LogP contribution in [0.25, 0.3) is 16.8 Å². The minimum absolute atomic E-state index is 0.0263. The molecular weight excluding hydrogens is 454 g/mol. The quantitative estimate of drug-likeness (QED) is 0.428. The zero-order valence-electron chi connectivity index (χ0n) is 20.6. The average molecular weight is 484 g/mol. The normalized spacial score (nSPS) is 15.6. The van der Waals surface area contributed by atoms with Crippen LogP contribution in [0.1, 0.15) is 34.2 Å². The van der Waals surface area contributed by atoms with Crippen molar-refractivity contribution >= 4 is 11.6 Å². The van der Waals surface area contributed by atoms with Crippen LogP contribution in [0.4, 0.5) is 0 Å². The van der Waals surface area contributed by atoms with Crippen LogP contribution in [0.2, 0.25) is 0 Å². The lowest BCUT2D eigenvalue weighted by Gasteiger charge is -2.35. The molecule has 2 aromatic heterocycles. The van der Waals surface area contributed by atoms with Crippen LogP contribution in [0.3, 0.4) is 0 Å². The molecule has 184 valence electrons. The Morgan fingerprint density at radius 3 is 2.56 bits per heavy atom. The van der Waals surface area contributed by atoms with Gasteiger partial charge in [-0.15, -0.1) is 0 Å². The molecule has 1 amide bonds. The van der Waals surface area contributed by atoms with Crippen LogP contribution < -0.4 is 9.47 Å². The molecule has 0 bridgehead atoms. The second-order valence-corrected chi connectivity index (χ2v) is 9.29. The van der Waals surface area contributed by atoms with E-state index >= 15 is 0 Å². The summed E-state index contributed by atoms with van der Waals surface area (Å²) in [4.78, 5) is 22.6. The maximum Gasteiger partial charge on any atom is 0.257 e. The predicted molar refractivity (Wildman–Crippen MR) is 136 cm³/mol. The van der Waals surface area contributed by atoms with E-state index in [4.69, 9.17) is 19.6 Å². The van der Waals surface area contributed by atoms with Crippen molar-refractivity contribution < 1.29 is 14.3 Å². The third kappa shape index (κ3) is 3.97. The Morgan fingerprint density at radius 2 is 1.78 bits per heavy atom. The zero-order valence-corrected chi connectivity index (χ0v) is 20.6. The van der Waals surface area contributed by atoms with Crippen molar-refractivity contribution in [2.45, 2.75) is 26.8 Å². The van der Waals surface area contributed by atoms with Crippen molar-refractivity contribution in [1.82, 2.24) is 24.4 Å². The zero-order chi connectivity index (χ0) is 24.6. The lowest BCUT2D eigenvalue weighted by molar-refractivity contribution is 0.0626. The van der Waals surface area contributed by atoms with Gasteiger partial charge in [0.1, 0.15) is 0 Å². The highest BCUT2D eigenvalue weighted by molar-refractivity contribution is 5.96. The highest BCUT2D eigenvalue weighted by Crippen LogP contribution is 2.33. The predicted octanol–water partition coefficient (Wildman–Crippen LogP) is 3.95. The van der Waals surface area contributed by atoms with Gasteiger partial charge in [-0.05, 0) is 36.6 Å². The highest BCUT2D eigenvalue weighted by atomic mass is 16.7. The van der Waals surface area contributed by atoms with Gasteiger partial charge in [0.05, 0.1) is 17.0 Å². The number of nitrogens with zero attached hydrogens (tertiary/aromatic N) is 5. The topological polar surface area (TPSA) is 72.2 Å². The van der Waals surface area contributed by atoms with Gasteiger partial charge >= 0.3 is 0 Å². The molecule has 1 fully saturated rings. The standard InChI is InChI=1S/C28H29N5O3/c1-3-23-22(16-29-27-26(19(2)30-33(23)27)21-7-5-4-6-8-21)28(34)32-13-11-31(12-14-32)17-20-9-10-24-25(15-20)36-18-35-24/h4-10,15-16H,3,11-14,17-18H2,1-2H3. The number of aromatic nitrogens is 3. The van der Waals surface area contributed by atoms with Crippen LogP contribution in [0, 0.1) is 6.92 Å². The molecule has 0 saturated carbocycles. The molecule has 36 heavy (non-hydrogen) atoms. The van der Waals surface area contributed by atoms with Gasteiger partial charge in [-0.1, -0.05) is 43.3 Å². The van der Waals surface area contributed by atoms with Crippen molar-refractivity contribution in [2.75, 3.05) is 33.0 Å². The monoisotopic (exact) mass is 483 g/mol. The van der Waals surface area contributed by atoms with Gasteiger partial charge < -0.3 is 14.4 Å². The second-order valence-electron chi connectivity index (χ2n) is 9.29. The van der Waals surface area contributed by atoms with Crippen molar-refractivity contribution in [3.63, 3.8) is 0 Å². The molecule has 0 aliphatic carbocycles. The first-order valence-electron chi connectivity index (χ1n) is 12.4. The second kappa shape index (κ2) is 9.28. The molecule has 1 saturated heterocycles. The number of rotatable bonds is 5. The van der Waals surface area contributed by atoms with E-state index in [9.17, 15) is 4.79 Å². The van der Waals surface area contributed by atoms with Crippen LogP contribution >= 0.6 is 0 Å². The molecule has 0 radical (unpaired) electrons. The number of aryl methyl sites for hydroxylation is 2. The molecule has 6 rings (SSSR count). The summed E-state index contributed by atoms with van der Waals surface area (Å²) in [6.07, 6.45) is 2.43. The molecular formula is C28H29N5O3. The maximum absolute atomic E-state index is 13.6. The van der Waals surface area contributed by atoms with Gasteiger partial charge in [-0.2, -0.15) is 5.10 Å². The summed E-state index contributed by atoms with van der Waals surface area (Å²) in [6.45, 7) is 8.15. The van der Waals surface area contributed by atoms with E-state index in [1.807, 2.05) is 46.7 Å². The Kier molecular flexibility index (Phi) is 5.81. The van der Waals surface area contributed by atoms with Gasteiger partial charge in [0, 0.05) is 44.5 Å². The van der Waals surface area contributed by atoms with Crippen molar-refractivity contribution in [1.29, 1.82) is 0 Å². The average Bonchev–Trinajstić information content (AvgIpc) is 3.51. The summed E-state index contributed by atoms with van der Waals surface area (Å²) < 4.78 is 12.8. The Bertz CT molecular complexity index is 1420. The summed E-state index contributed by atoms with van der Waals surface area (Å²) in [7, 11) is 0. The Hall–Kier alpha value is -3.91. The molecule has 0 unspecified atom stereocenters. The van der Waals surface area contributed by atoms with E-state index in [1.165, 1.54) is 5.56 Å². The van der Waals surface area contributed by atoms with E-state index in [1.54, 1.807) is 6.20 Å². The summed E-state index contributed by atoms with van der Waals surface area (Å²) in [6, 6.07) is 16.3. The lowest BCUT2D eigenvalue weighted by Crippen LogP contribution is -2.48. The number of hydrogen-bond donors (Lipinski definition) is 0. The summed E-state index contributed by atoms with van der Waals surface area (Å²) >= 11 is 0. The molecule has 2 aliphatic rings. The van der Waals surface area contributed by atoms with E-state index in [0.717, 1.165) is 59.3 Å². The van der Waals surface area contributed by atoms with Crippen LogP contribution in [0.15, 0.2) is 54.7 Å². The first-order valence-corrected chi connectivity index (χ1v) is 12.4. The molecule has 0 atom stereocenters. The number of ether oxygens (including phenoxy) is 2. The lowest BCUT2D eigenvalue weighted by atomic mass is 10.1. The van der Waals surface area contributed by atoms with E-state index in [-0.39, 0.29) is 12.7 Å². The smallest absolute Gasteiger partial charge is 0.257 e. The number of hydrogen-bond acceptors (Lipinski definition) is 6. The molecule has 8 nitrogen and oxygen atoms in total. The largest absolute Gasteiger partial charge is 0.454 e. The van der Waals surface area contributed by atoms with Crippen LogP contribution in [0.5, 0.6) is 11.5 Å². The van der Waals surface area contributed by atoms with Gasteiger partial charge in [-0.25, -0.2) is 9.50 Å². The summed E-state index contributed by atoms with van der Waals surface area (Å²) in [5.74, 6) is 1.63. The Labute approximate surface area is 210 Å². The fourth-order valence-electron chi connectivity index (χ4n) is 5.18. The van der Waals surface area contributed by atoms with Crippen molar-refractivity contribution in [3.05, 3.63) is 77.2 Å². The molecule has 0 spiro atoms. The molecule has 4 heterocycles. The fraction of sp³-hybridized carbons (Fsp3) is 0.321. The highest BCUT2D eigenvalue weighted by Gasteiger charge is 2.26. The van der Waals surface area contributed by atoms with Gasteiger partial charge in [-0.3, -0.25) is 9.69 Å². The van der Waals surface area contributed by atoms with E-state index in [2.05, 4.69) is 30.0 Å². The molecule has 2 aromatic carbocycles. The fourth-order valence-corrected chi connectivity index (χ4v) is 5.18. The summed E-state index contributed by atoms with van der Waals surface area (Å²) in [5.41, 5.74) is 6.52. The van der Waals surface area contributed by atoms with Gasteiger partial charge in [0.25, 0.3) is 5.91 Å². The molecule has 2 aliphatic heterocycles. The number of carbonyl (C=O) groups is 1. The van der Waals surface area contributed by atoms with E-state index < -0.39 is 0 Å². The van der Waals surface area contributed by atoms with Gasteiger partial charge in [0.2, 0.25) is 6.79 Å². The van der Waals surface area contributed by atoms with E-state index in [0.29, 0.717) is 25.1 Å². The SMILES string of the molecule is CCc1c(C(=O)N2CCN(Cc3ccc4c(c3)OCO4)CC2)cnc2c(-c3ccccc3)c(C)nn12. The third-order valence-corrected chi connectivity index (χ3v) is 7.05. The summed E-state index contributed by atoms with van der Waals surface area (Å²) in [5, 5.41) is 4.79. The number of benzene rings is 2. The van der Waals surface area contributed by atoms with Crippen LogP contribution in [-0.2, 0) is 13.0 Å². The Morgan fingerprint density at radius 1 is 1.00 bits per heavy atom. The number of fused-ring (bicyclic) bond motifs is 2. The first-order chi connectivity index (χ1) is 17.6. The third-order valence-electron chi connectivity index (χ3n) is 7.05. The van der Waals surface area contributed by atoms with Crippen LogP contribution in [-0.4, -0.2) is 63.3 Å². The molecule has 4 aromatic rings. The minimum atomic E-state index is 0.0263. The molecule has 0 N–H and O–H groups in total. The Balaban J connectivity index is 1.19. The van der Waals surface area contributed by atoms with Gasteiger partial charge in [0.15, 0.2) is 17.1 Å².